The quantitative estimate of drug-likeness (QED) is 0.502. The molecule has 1 rings (SSSR count). The van der Waals surface area contributed by atoms with Crippen LogP contribution in [-0.4, -0.2) is 19.0 Å². The molecule has 0 unspecified atom stereocenters. The van der Waals surface area contributed by atoms with Crippen LogP contribution in [0, 0.1) is 0 Å². The fourth-order valence-corrected chi connectivity index (χ4v) is 1.44. The number of amides is 1. The minimum absolute atomic E-state index is 0.189. The van der Waals surface area contributed by atoms with Crippen LogP contribution in [0.2, 0.25) is 0 Å². The Morgan fingerprint density at radius 1 is 1.32 bits per heavy atom. The van der Waals surface area contributed by atoms with E-state index in [1.807, 2.05) is 19.1 Å². The van der Waals surface area contributed by atoms with Crippen LogP contribution in [0.3, 0.4) is 0 Å². The Morgan fingerprint density at radius 2 is 2.11 bits per heavy atom. The highest BCUT2D eigenvalue weighted by molar-refractivity contribution is 5.99. The highest BCUT2D eigenvalue weighted by atomic mass is 16.5. The second kappa shape index (κ2) is 7.87. The number of ether oxygens (including phenoxy) is 1. The van der Waals surface area contributed by atoms with Gasteiger partial charge in [-0.1, -0.05) is 30.4 Å². The van der Waals surface area contributed by atoms with E-state index in [0.717, 1.165) is 5.56 Å². The molecule has 0 aliphatic carbocycles. The van der Waals surface area contributed by atoms with Gasteiger partial charge in [-0.15, -0.1) is 0 Å². The van der Waals surface area contributed by atoms with Crippen molar-refractivity contribution >= 4 is 17.6 Å². The van der Waals surface area contributed by atoms with Crippen molar-refractivity contribution in [3.63, 3.8) is 0 Å². The van der Waals surface area contributed by atoms with Crippen molar-refractivity contribution in [3.05, 3.63) is 54.1 Å². The van der Waals surface area contributed by atoms with Gasteiger partial charge < -0.3 is 10.1 Å². The Balaban J connectivity index is 2.66. The number of esters is 1. The lowest BCUT2D eigenvalue weighted by Gasteiger charge is -2.05. The maximum atomic E-state index is 11.6. The average Bonchev–Trinajstić information content (AvgIpc) is 2.39. The lowest BCUT2D eigenvalue weighted by molar-refractivity contribution is -0.139. The van der Waals surface area contributed by atoms with Crippen molar-refractivity contribution in [1.82, 2.24) is 0 Å². The summed E-state index contributed by atoms with van der Waals surface area (Å²) in [7, 11) is 1.35. The van der Waals surface area contributed by atoms with Gasteiger partial charge in [-0.2, -0.15) is 0 Å². The summed E-state index contributed by atoms with van der Waals surface area (Å²) in [5, 5.41) is 2.72. The molecule has 0 atom stereocenters. The first-order chi connectivity index (χ1) is 9.15. The van der Waals surface area contributed by atoms with Crippen LogP contribution in [0.1, 0.15) is 12.5 Å². The third kappa shape index (κ3) is 5.68. The topological polar surface area (TPSA) is 55.4 Å². The molecule has 0 aliphatic heterocycles. The molecule has 0 spiro atoms. The third-order valence-corrected chi connectivity index (χ3v) is 2.32. The molecular weight excluding hydrogens is 242 g/mol. The molecule has 1 amide bonds. The Morgan fingerprint density at radius 3 is 2.79 bits per heavy atom. The van der Waals surface area contributed by atoms with Gasteiger partial charge in [-0.3, -0.25) is 9.59 Å². The Labute approximate surface area is 112 Å². The minimum atomic E-state index is -0.309. The van der Waals surface area contributed by atoms with Crippen molar-refractivity contribution in [1.29, 1.82) is 0 Å². The smallest absolute Gasteiger partial charge is 0.309 e. The molecule has 1 aromatic rings. The van der Waals surface area contributed by atoms with Gasteiger partial charge in [0.05, 0.1) is 13.5 Å². The molecule has 0 aliphatic rings. The summed E-state index contributed by atoms with van der Waals surface area (Å²) in [5.74, 6) is -0.523. The highest BCUT2D eigenvalue weighted by Crippen LogP contribution is 2.11. The van der Waals surface area contributed by atoms with E-state index in [2.05, 4.69) is 10.1 Å². The van der Waals surface area contributed by atoms with E-state index < -0.39 is 0 Å². The molecule has 0 saturated heterocycles. The Kier molecular flexibility index (Phi) is 6.09. The first-order valence-electron chi connectivity index (χ1n) is 5.92. The van der Waals surface area contributed by atoms with Crippen molar-refractivity contribution in [2.75, 3.05) is 12.4 Å². The summed E-state index contributed by atoms with van der Waals surface area (Å²) in [5.41, 5.74) is 1.44. The predicted octanol–water partition coefficient (Wildman–Crippen LogP) is 2.47. The average molecular weight is 259 g/mol. The largest absolute Gasteiger partial charge is 0.469 e. The first kappa shape index (κ1) is 14.7. The zero-order valence-corrected chi connectivity index (χ0v) is 11.1. The molecule has 0 fully saturated rings. The molecule has 4 nitrogen and oxygen atoms in total. The molecule has 4 heteroatoms. The van der Waals surface area contributed by atoms with Gasteiger partial charge in [-0.25, -0.2) is 0 Å². The molecule has 0 radical (unpaired) electrons. The van der Waals surface area contributed by atoms with Crippen LogP contribution in [0.5, 0.6) is 0 Å². The van der Waals surface area contributed by atoms with Crippen LogP contribution in [-0.2, 0) is 20.7 Å². The zero-order valence-electron chi connectivity index (χ0n) is 11.1. The maximum absolute atomic E-state index is 11.6. The first-order valence-corrected chi connectivity index (χ1v) is 5.92. The number of allylic oxidation sites excluding steroid dienone is 3. The van der Waals surface area contributed by atoms with E-state index in [4.69, 9.17) is 0 Å². The SMILES string of the molecule is C/C=C/C=C/C(=O)Nc1cccc(CC(=O)OC)c1. The number of benzene rings is 1. The fourth-order valence-electron chi connectivity index (χ4n) is 1.44. The molecule has 0 bridgehead atoms. The molecule has 19 heavy (non-hydrogen) atoms. The number of methoxy groups -OCH3 is 1. The van der Waals surface area contributed by atoms with Crippen molar-refractivity contribution in [2.24, 2.45) is 0 Å². The lowest BCUT2D eigenvalue weighted by Crippen LogP contribution is -2.09. The molecule has 0 heterocycles. The van der Waals surface area contributed by atoms with Gasteiger partial charge in [0, 0.05) is 11.8 Å². The van der Waals surface area contributed by atoms with Gasteiger partial charge in [0.15, 0.2) is 0 Å². The van der Waals surface area contributed by atoms with Gasteiger partial charge in [0.1, 0.15) is 0 Å². The monoisotopic (exact) mass is 259 g/mol. The van der Waals surface area contributed by atoms with Crippen molar-refractivity contribution in [2.45, 2.75) is 13.3 Å². The Bertz CT molecular complexity index is 504. The molecule has 1 aromatic carbocycles. The molecular formula is C15H17NO3. The highest BCUT2D eigenvalue weighted by Gasteiger charge is 2.04. The number of carbonyl (C=O) groups excluding carboxylic acids is 2. The minimum Gasteiger partial charge on any atom is -0.469 e. The number of nitrogens with one attached hydrogen (secondary N) is 1. The van der Waals surface area contributed by atoms with E-state index in [-0.39, 0.29) is 18.3 Å². The second-order valence-electron chi connectivity index (χ2n) is 3.83. The van der Waals surface area contributed by atoms with E-state index in [1.54, 1.807) is 30.4 Å². The van der Waals surface area contributed by atoms with Gasteiger partial charge >= 0.3 is 5.97 Å². The lowest BCUT2D eigenvalue weighted by atomic mass is 10.1. The van der Waals surface area contributed by atoms with E-state index >= 15 is 0 Å². The van der Waals surface area contributed by atoms with Gasteiger partial charge in [-0.05, 0) is 24.6 Å². The van der Waals surface area contributed by atoms with Gasteiger partial charge in [0.2, 0.25) is 5.91 Å². The zero-order chi connectivity index (χ0) is 14.1. The summed E-state index contributed by atoms with van der Waals surface area (Å²) >= 11 is 0. The summed E-state index contributed by atoms with van der Waals surface area (Å²) in [6.07, 6.45) is 6.89. The summed E-state index contributed by atoms with van der Waals surface area (Å²) in [6.45, 7) is 1.87. The van der Waals surface area contributed by atoms with Crippen LogP contribution >= 0.6 is 0 Å². The van der Waals surface area contributed by atoms with Crippen LogP contribution in [0.15, 0.2) is 48.6 Å². The Hall–Kier alpha value is -2.36. The molecule has 0 aromatic heterocycles. The fraction of sp³-hybridized carbons (Fsp3) is 0.200. The van der Waals surface area contributed by atoms with E-state index in [9.17, 15) is 9.59 Å². The number of anilines is 1. The summed E-state index contributed by atoms with van der Waals surface area (Å²) in [6, 6.07) is 7.10. The van der Waals surface area contributed by atoms with Crippen LogP contribution in [0.25, 0.3) is 0 Å². The molecule has 0 saturated carbocycles. The predicted molar refractivity (Wildman–Crippen MR) is 74.7 cm³/mol. The maximum Gasteiger partial charge on any atom is 0.309 e. The third-order valence-electron chi connectivity index (χ3n) is 2.32. The number of carbonyl (C=O) groups is 2. The number of hydrogen-bond acceptors (Lipinski definition) is 3. The van der Waals surface area contributed by atoms with Crippen molar-refractivity contribution in [3.8, 4) is 0 Å². The van der Waals surface area contributed by atoms with Crippen molar-refractivity contribution < 1.29 is 14.3 Å². The van der Waals surface area contributed by atoms with E-state index in [1.165, 1.54) is 13.2 Å². The summed E-state index contributed by atoms with van der Waals surface area (Å²) in [4.78, 5) is 22.7. The molecule has 1 N–H and O–H groups in total. The van der Waals surface area contributed by atoms with Gasteiger partial charge in [0.25, 0.3) is 0 Å². The molecule has 100 valence electrons. The second-order valence-corrected chi connectivity index (χ2v) is 3.83. The summed E-state index contributed by atoms with van der Waals surface area (Å²) < 4.78 is 4.60. The number of rotatable bonds is 5. The van der Waals surface area contributed by atoms with Crippen LogP contribution < -0.4 is 5.32 Å². The van der Waals surface area contributed by atoms with E-state index in [0.29, 0.717) is 5.69 Å². The number of hydrogen-bond donors (Lipinski definition) is 1. The normalized spacial score (nSPS) is 10.8. The standard InChI is InChI=1S/C15H17NO3/c1-3-4-5-9-14(17)16-13-8-6-7-12(10-13)11-15(18)19-2/h3-10H,11H2,1-2H3,(H,16,17)/b4-3+,9-5+. The van der Waals surface area contributed by atoms with Crippen LogP contribution in [0.4, 0.5) is 5.69 Å².